The molecule has 0 heterocycles. The normalized spacial score (nSPS) is 12.5. The zero-order chi connectivity index (χ0) is 11.8. The highest BCUT2D eigenvalue weighted by Gasteiger charge is 2.14. The van der Waals surface area contributed by atoms with Gasteiger partial charge in [0.25, 0.3) is 0 Å². The van der Waals surface area contributed by atoms with Crippen LogP contribution < -0.4 is 5.32 Å². The molecule has 0 bridgehead atoms. The summed E-state index contributed by atoms with van der Waals surface area (Å²) in [6.45, 7) is 7.36. The first-order chi connectivity index (χ1) is 6.97. The average Bonchev–Trinajstić information content (AvgIpc) is 2.10. The second-order valence-electron chi connectivity index (χ2n) is 3.56. The van der Waals surface area contributed by atoms with Gasteiger partial charge in [-0.2, -0.15) is 0 Å². The van der Waals surface area contributed by atoms with Crippen LogP contribution in [0.3, 0.4) is 0 Å². The highest BCUT2D eigenvalue weighted by molar-refractivity contribution is 5.72. The van der Waals surface area contributed by atoms with E-state index in [1.807, 2.05) is 18.7 Å². The standard InChI is InChI=1S/C10H20N2O3/c1-4-12(6-5-11-9(3)13)8(2)7-10(14)15/h8H,4-7H2,1-3H3,(H,11,13)(H,14,15). The number of hydrogen-bond donors (Lipinski definition) is 2. The van der Waals surface area contributed by atoms with Crippen molar-refractivity contribution in [1.29, 1.82) is 0 Å². The molecular weight excluding hydrogens is 196 g/mol. The van der Waals surface area contributed by atoms with E-state index < -0.39 is 5.97 Å². The number of carbonyl (C=O) groups excluding carboxylic acids is 1. The quantitative estimate of drug-likeness (QED) is 0.642. The van der Waals surface area contributed by atoms with E-state index in [0.29, 0.717) is 13.1 Å². The molecule has 0 rings (SSSR count). The second-order valence-corrected chi connectivity index (χ2v) is 3.56. The van der Waals surface area contributed by atoms with E-state index in [9.17, 15) is 9.59 Å². The first kappa shape index (κ1) is 13.9. The number of carboxylic acids is 1. The maximum atomic E-state index is 10.6. The van der Waals surface area contributed by atoms with Crippen molar-refractivity contribution >= 4 is 11.9 Å². The van der Waals surface area contributed by atoms with Crippen molar-refractivity contribution in [3.05, 3.63) is 0 Å². The topological polar surface area (TPSA) is 69.6 Å². The second kappa shape index (κ2) is 7.23. The Morgan fingerprint density at radius 3 is 2.47 bits per heavy atom. The van der Waals surface area contributed by atoms with Crippen molar-refractivity contribution in [2.24, 2.45) is 0 Å². The summed E-state index contributed by atoms with van der Waals surface area (Å²) >= 11 is 0. The van der Waals surface area contributed by atoms with Crippen molar-refractivity contribution in [1.82, 2.24) is 10.2 Å². The molecule has 15 heavy (non-hydrogen) atoms. The summed E-state index contributed by atoms with van der Waals surface area (Å²) in [6, 6.07) is 0.00116. The summed E-state index contributed by atoms with van der Waals surface area (Å²) in [5.74, 6) is -0.850. The van der Waals surface area contributed by atoms with Gasteiger partial charge in [-0.1, -0.05) is 6.92 Å². The van der Waals surface area contributed by atoms with E-state index in [1.54, 1.807) is 0 Å². The molecule has 1 atom stereocenters. The van der Waals surface area contributed by atoms with Crippen molar-refractivity contribution in [3.8, 4) is 0 Å². The Morgan fingerprint density at radius 2 is 2.07 bits per heavy atom. The van der Waals surface area contributed by atoms with E-state index in [2.05, 4.69) is 5.32 Å². The molecule has 88 valence electrons. The fourth-order valence-electron chi connectivity index (χ4n) is 1.45. The van der Waals surface area contributed by atoms with E-state index in [1.165, 1.54) is 6.92 Å². The number of nitrogens with zero attached hydrogens (tertiary/aromatic N) is 1. The summed E-state index contributed by atoms with van der Waals surface area (Å²) in [7, 11) is 0. The maximum Gasteiger partial charge on any atom is 0.304 e. The van der Waals surface area contributed by atoms with E-state index >= 15 is 0 Å². The smallest absolute Gasteiger partial charge is 0.304 e. The summed E-state index contributed by atoms with van der Waals surface area (Å²) < 4.78 is 0. The lowest BCUT2D eigenvalue weighted by atomic mass is 10.2. The lowest BCUT2D eigenvalue weighted by Gasteiger charge is -2.26. The van der Waals surface area contributed by atoms with Gasteiger partial charge in [0.15, 0.2) is 0 Å². The van der Waals surface area contributed by atoms with Crippen molar-refractivity contribution in [3.63, 3.8) is 0 Å². The van der Waals surface area contributed by atoms with Crippen LogP contribution in [0.25, 0.3) is 0 Å². The van der Waals surface area contributed by atoms with Gasteiger partial charge < -0.3 is 10.4 Å². The number of hydrogen-bond acceptors (Lipinski definition) is 3. The largest absolute Gasteiger partial charge is 0.481 e. The lowest BCUT2D eigenvalue weighted by molar-refractivity contribution is -0.138. The van der Waals surface area contributed by atoms with E-state index in [-0.39, 0.29) is 18.4 Å². The molecule has 0 aliphatic rings. The number of rotatable bonds is 7. The molecule has 1 amide bonds. The third-order valence-electron chi connectivity index (χ3n) is 2.27. The Labute approximate surface area is 90.5 Å². The fraction of sp³-hybridized carbons (Fsp3) is 0.800. The zero-order valence-electron chi connectivity index (χ0n) is 9.62. The SMILES string of the molecule is CCN(CCNC(C)=O)C(C)CC(=O)O. The minimum absolute atomic E-state index is 0.00116. The van der Waals surface area contributed by atoms with Crippen LogP contribution in [-0.2, 0) is 9.59 Å². The molecular formula is C10H20N2O3. The molecule has 0 saturated heterocycles. The van der Waals surface area contributed by atoms with Crippen molar-refractivity contribution < 1.29 is 14.7 Å². The Balaban J connectivity index is 3.89. The van der Waals surface area contributed by atoms with Crippen LogP contribution in [0.4, 0.5) is 0 Å². The number of nitrogens with one attached hydrogen (secondary N) is 1. The molecule has 0 fully saturated rings. The van der Waals surface area contributed by atoms with Crippen LogP contribution in [0, 0.1) is 0 Å². The van der Waals surface area contributed by atoms with E-state index in [0.717, 1.165) is 6.54 Å². The minimum Gasteiger partial charge on any atom is -0.481 e. The first-order valence-electron chi connectivity index (χ1n) is 5.17. The van der Waals surface area contributed by atoms with Gasteiger partial charge in [0, 0.05) is 26.1 Å². The average molecular weight is 216 g/mol. The van der Waals surface area contributed by atoms with E-state index in [4.69, 9.17) is 5.11 Å². The Bertz CT molecular complexity index is 219. The highest BCUT2D eigenvalue weighted by Crippen LogP contribution is 2.02. The molecule has 0 aliphatic carbocycles. The predicted octanol–water partition coefficient (Wildman–Crippen LogP) is 0.308. The zero-order valence-corrected chi connectivity index (χ0v) is 9.62. The molecule has 0 aromatic heterocycles. The number of amides is 1. The number of likely N-dealkylation sites (N-methyl/N-ethyl adjacent to an activating group) is 1. The molecule has 0 aromatic carbocycles. The Morgan fingerprint density at radius 1 is 1.47 bits per heavy atom. The summed E-state index contributed by atoms with van der Waals surface area (Å²) in [5.41, 5.74) is 0. The van der Waals surface area contributed by atoms with Crippen LogP contribution in [0.15, 0.2) is 0 Å². The number of carbonyl (C=O) groups is 2. The first-order valence-corrected chi connectivity index (χ1v) is 5.17. The van der Waals surface area contributed by atoms with Crippen LogP contribution >= 0.6 is 0 Å². The fourth-order valence-corrected chi connectivity index (χ4v) is 1.45. The molecule has 5 nitrogen and oxygen atoms in total. The van der Waals surface area contributed by atoms with Crippen LogP contribution in [0.1, 0.15) is 27.2 Å². The Hall–Kier alpha value is -1.10. The summed E-state index contributed by atoms with van der Waals surface area (Å²) in [5, 5.41) is 11.3. The third kappa shape index (κ3) is 6.90. The van der Waals surface area contributed by atoms with Crippen LogP contribution in [0.2, 0.25) is 0 Å². The molecule has 0 saturated carbocycles. The molecule has 0 aromatic rings. The summed E-state index contributed by atoms with van der Waals surface area (Å²) in [4.78, 5) is 23.2. The van der Waals surface area contributed by atoms with Crippen molar-refractivity contribution in [2.75, 3.05) is 19.6 Å². The molecule has 2 N–H and O–H groups in total. The monoisotopic (exact) mass is 216 g/mol. The number of aliphatic carboxylic acids is 1. The summed E-state index contributed by atoms with van der Waals surface area (Å²) in [6.07, 6.45) is 0.133. The van der Waals surface area contributed by atoms with Gasteiger partial charge in [0.05, 0.1) is 6.42 Å². The minimum atomic E-state index is -0.791. The third-order valence-corrected chi connectivity index (χ3v) is 2.27. The molecule has 0 radical (unpaired) electrons. The van der Waals surface area contributed by atoms with Gasteiger partial charge in [-0.3, -0.25) is 14.5 Å². The van der Waals surface area contributed by atoms with Gasteiger partial charge in [0.1, 0.15) is 0 Å². The number of carboxylic acid groups (broad SMARTS) is 1. The van der Waals surface area contributed by atoms with Crippen LogP contribution in [-0.4, -0.2) is 47.6 Å². The van der Waals surface area contributed by atoms with Crippen LogP contribution in [0.5, 0.6) is 0 Å². The molecule has 1 unspecified atom stereocenters. The highest BCUT2D eigenvalue weighted by atomic mass is 16.4. The predicted molar refractivity (Wildman–Crippen MR) is 57.6 cm³/mol. The van der Waals surface area contributed by atoms with Gasteiger partial charge in [-0.15, -0.1) is 0 Å². The van der Waals surface area contributed by atoms with Gasteiger partial charge in [-0.25, -0.2) is 0 Å². The van der Waals surface area contributed by atoms with Gasteiger partial charge >= 0.3 is 5.97 Å². The lowest BCUT2D eigenvalue weighted by Crippen LogP contribution is -2.40. The molecule has 0 aliphatic heterocycles. The molecule has 5 heteroatoms. The Kier molecular flexibility index (Phi) is 6.70. The van der Waals surface area contributed by atoms with Gasteiger partial charge in [0.2, 0.25) is 5.91 Å². The van der Waals surface area contributed by atoms with Crippen molar-refractivity contribution in [2.45, 2.75) is 33.2 Å². The van der Waals surface area contributed by atoms with Gasteiger partial charge in [-0.05, 0) is 13.5 Å². The molecule has 0 spiro atoms. The maximum absolute atomic E-state index is 10.6.